The summed E-state index contributed by atoms with van der Waals surface area (Å²) in [7, 11) is -1.88. The Hall–Kier alpha value is -0.903. The summed E-state index contributed by atoms with van der Waals surface area (Å²) >= 11 is 0. The van der Waals surface area contributed by atoms with Crippen LogP contribution in [-0.2, 0) is 15.3 Å². The minimum Gasteiger partial charge on any atom is -0.395 e. The van der Waals surface area contributed by atoms with Crippen LogP contribution in [0.4, 0.5) is 0 Å². The molecule has 0 N–H and O–H groups in total. The highest BCUT2D eigenvalue weighted by molar-refractivity contribution is 6.64. The van der Waals surface area contributed by atoms with Gasteiger partial charge in [-0.15, -0.1) is 0 Å². The molecule has 0 saturated heterocycles. The summed E-state index contributed by atoms with van der Waals surface area (Å²) in [5, 5.41) is 0. The quantitative estimate of drug-likeness (QED) is 0.521. The molecule has 1 aromatic rings. The van der Waals surface area contributed by atoms with Gasteiger partial charge in [-0.3, -0.25) is 0 Å². The smallest absolute Gasteiger partial charge is 0.331 e. The molecule has 1 rings (SSSR count). The fourth-order valence-corrected chi connectivity index (χ4v) is 3.27. The lowest BCUT2D eigenvalue weighted by Gasteiger charge is -2.21. The predicted molar refractivity (Wildman–Crippen MR) is 79.9 cm³/mol. The minimum absolute atomic E-state index is 0.737. The molecule has 18 heavy (non-hydrogen) atoms. The van der Waals surface area contributed by atoms with Crippen LogP contribution in [-0.4, -0.2) is 21.8 Å². The van der Waals surface area contributed by atoms with E-state index in [9.17, 15) is 0 Å². The van der Waals surface area contributed by atoms with E-state index in [0.717, 1.165) is 26.1 Å². The molecule has 0 spiro atoms. The second-order valence-electron chi connectivity index (χ2n) is 4.73. The maximum Gasteiger partial charge on any atom is 0.331 e. The lowest BCUT2D eigenvalue weighted by molar-refractivity contribution is 0.185. The summed E-state index contributed by atoms with van der Waals surface area (Å²) in [6.07, 6.45) is 3.95. The fraction of sp³-hybridized carbons (Fsp3) is 0.467. The molecule has 0 unspecified atom stereocenters. The number of rotatable bonds is 8. The molecule has 0 aliphatic carbocycles. The second kappa shape index (κ2) is 7.51. The van der Waals surface area contributed by atoms with Crippen LogP contribution in [0.5, 0.6) is 0 Å². The van der Waals surface area contributed by atoms with Gasteiger partial charge in [-0.1, -0.05) is 36.9 Å². The topological polar surface area (TPSA) is 18.5 Å². The molecule has 0 aliphatic heterocycles. The van der Waals surface area contributed by atoms with E-state index in [1.807, 2.05) is 13.0 Å². The molecule has 2 nitrogen and oxygen atoms in total. The van der Waals surface area contributed by atoms with E-state index >= 15 is 0 Å². The first-order chi connectivity index (χ1) is 8.57. The van der Waals surface area contributed by atoms with Crippen molar-refractivity contribution in [3.8, 4) is 0 Å². The van der Waals surface area contributed by atoms with Crippen LogP contribution < -0.4 is 0 Å². The summed E-state index contributed by atoms with van der Waals surface area (Å²) in [5.74, 6) is 0. The van der Waals surface area contributed by atoms with Crippen molar-refractivity contribution in [1.82, 2.24) is 0 Å². The van der Waals surface area contributed by atoms with Crippen molar-refractivity contribution in [2.75, 3.05) is 13.2 Å². The number of hydrogen-bond acceptors (Lipinski definition) is 2. The van der Waals surface area contributed by atoms with Crippen molar-refractivity contribution in [3.63, 3.8) is 0 Å². The molecular weight excluding hydrogens is 240 g/mol. The molecule has 3 heteroatoms. The van der Waals surface area contributed by atoms with E-state index in [1.54, 1.807) is 0 Å². The molecule has 0 bridgehead atoms. The third-order valence-corrected chi connectivity index (χ3v) is 4.62. The van der Waals surface area contributed by atoms with Crippen molar-refractivity contribution in [2.45, 2.75) is 32.9 Å². The van der Waals surface area contributed by atoms with E-state index in [0.29, 0.717) is 0 Å². The van der Waals surface area contributed by atoms with Crippen LogP contribution in [0.1, 0.15) is 24.5 Å². The highest BCUT2D eigenvalue weighted by Crippen LogP contribution is 2.11. The predicted octanol–water partition coefficient (Wildman–Crippen LogP) is 4.02. The van der Waals surface area contributed by atoms with Gasteiger partial charge >= 0.3 is 8.56 Å². The first kappa shape index (κ1) is 15.2. The van der Waals surface area contributed by atoms with E-state index < -0.39 is 8.56 Å². The number of hydrogen-bond donors (Lipinski definition) is 0. The van der Waals surface area contributed by atoms with Crippen molar-refractivity contribution in [3.05, 3.63) is 42.0 Å². The van der Waals surface area contributed by atoms with Crippen LogP contribution in [0.15, 0.2) is 30.8 Å². The molecule has 100 valence electrons. The average Bonchev–Trinajstić information content (AvgIpc) is 2.35. The molecule has 0 atom stereocenters. The van der Waals surface area contributed by atoms with Crippen LogP contribution >= 0.6 is 0 Å². The number of benzene rings is 1. The van der Waals surface area contributed by atoms with Gasteiger partial charge < -0.3 is 8.85 Å². The summed E-state index contributed by atoms with van der Waals surface area (Å²) < 4.78 is 11.5. The first-order valence-corrected chi connectivity index (χ1v) is 9.38. The molecule has 0 aliphatic rings. The van der Waals surface area contributed by atoms with Crippen LogP contribution in [0.3, 0.4) is 0 Å². The van der Waals surface area contributed by atoms with Crippen LogP contribution in [0, 0.1) is 0 Å². The zero-order valence-corrected chi connectivity index (χ0v) is 12.7. The zero-order valence-electron chi connectivity index (χ0n) is 11.7. The average molecular weight is 264 g/mol. The SMILES string of the molecule is C=Cc1cccc(CCCO[Si](C)(C)OCC)c1. The Morgan fingerprint density at radius 3 is 2.72 bits per heavy atom. The molecule has 1 aromatic carbocycles. The summed E-state index contributed by atoms with van der Waals surface area (Å²) in [4.78, 5) is 0. The normalized spacial score (nSPS) is 11.5. The molecule has 0 amide bonds. The Morgan fingerprint density at radius 2 is 2.06 bits per heavy atom. The highest BCUT2D eigenvalue weighted by atomic mass is 28.4. The molecular formula is C15H24O2Si. The van der Waals surface area contributed by atoms with Gasteiger partial charge in [0.1, 0.15) is 0 Å². The van der Waals surface area contributed by atoms with Gasteiger partial charge in [0, 0.05) is 13.2 Å². The van der Waals surface area contributed by atoms with Crippen molar-refractivity contribution < 1.29 is 8.85 Å². The minimum atomic E-state index is -1.88. The lowest BCUT2D eigenvalue weighted by atomic mass is 10.1. The molecule has 0 fully saturated rings. The Balaban J connectivity index is 2.31. The van der Waals surface area contributed by atoms with E-state index in [4.69, 9.17) is 8.85 Å². The van der Waals surface area contributed by atoms with Crippen LogP contribution in [0.25, 0.3) is 6.08 Å². The molecule has 0 radical (unpaired) electrons. The molecule has 0 aromatic heterocycles. The molecule has 0 heterocycles. The van der Waals surface area contributed by atoms with E-state index in [2.05, 4.69) is 43.9 Å². The Morgan fingerprint density at radius 1 is 1.28 bits per heavy atom. The van der Waals surface area contributed by atoms with Gasteiger partial charge in [-0.05, 0) is 44.0 Å². The van der Waals surface area contributed by atoms with Gasteiger partial charge in [-0.25, -0.2) is 0 Å². The van der Waals surface area contributed by atoms with Gasteiger partial charge in [0.05, 0.1) is 0 Å². The third-order valence-electron chi connectivity index (χ3n) is 2.74. The van der Waals surface area contributed by atoms with E-state index in [1.165, 1.54) is 11.1 Å². The fourth-order valence-electron chi connectivity index (χ4n) is 1.86. The van der Waals surface area contributed by atoms with Gasteiger partial charge in [0.2, 0.25) is 0 Å². The molecule has 0 saturated carbocycles. The monoisotopic (exact) mass is 264 g/mol. The summed E-state index contributed by atoms with van der Waals surface area (Å²) in [5.41, 5.74) is 2.52. The first-order valence-electron chi connectivity index (χ1n) is 6.56. The van der Waals surface area contributed by atoms with E-state index in [-0.39, 0.29) is 0 Å². The Kier molecular flexibility index (Phi) is 6.33. The van der Waals surface area contributed by atoms with Crippen molar-refractivity contribution >= 4 is 14.6 Å². The maximum atomic E-state index is 5.84. The Labute approximate surface area is 112 Å². The van der Waals surface area contributed by atoms with Crippen LogP contribution in [0.2, 0.25) is 13.1 Å². The maximum absolute atomic E-state index is 5.84. The third kappa shape index (κ3) is 5.62. The van der Waals surface area contributed by atoms with Gasteiger partial charge in [0.15, 0.2) is 0 Å². The van der Waals surface area contributed by atoms with Gasteiger partial charge in [0.25, 0.3) is 0 Å². The highest BCUT2D eigenvalue weighted by Gasteiger charge is 2.22. The van der Waals surface area contributed by atoms with Gasteiger partial charge in [-0.2, -0.15) is 0 Å². The number of aryl methyl sites for hydroxylation is 1. The zero-order chi connectivity index (χ0) is 13.4. The second-order valence-corrected chi connectivity index (χ2v) is 8.11. The summed E-state index contributed by atoms with van der Waals surface area (Å²) in [6.45, 7) is 11.5. The standard InChI is InChI=1S/C15H24O2Si/c1-5-14-9-7-10-15(13-14)11-8-12-17-18(3,4)16-6-2/h5,7,9-10,13H,1,6,8,11-12H2,2-4H3. The summed E-state index contributed by atoms with van der Waals surface area (Å²) in [6, 6.07) is 8.47. The Bertz CT molecular complexity index is 375. The largest absolute Gasteiger partial charge is 0.395 e. The van der Waals surface area contributed by atoms with Crippen molar-refractivity contribution in [1.29, 1.82) is 0 Å². The van der Waals surface area contributed by atoms with Crippen molar-refractivity contribution in [2.24, 2.45) is 0 Å². The lowest BCUT2D eigenvalue weighted by Crippen LogP contribution is -2.35.